The van der Waals surface area contributed by atoms with Crippen LogP contribution in [0.2, 0.25) is 0 Å². The largest absolute Gasteiger partial charge is 0.493 e. The van der Waals surface area contributed by atoms with Crippen molar-refractivity contribution < 1.29 is 9.53 Å². The molecule has 1 aromatic carbocycles. The van der Waals surface area contributed by atoms with Crippen molar-refractivity contribution in [1.82, 2.24) is 0 Å². The topological polar surface area (TPSA) is 26.3 Å². The Kier molecular flexibility index (Phi) is 5.80. The van der Waals surface area contributed by atoms with Crippen molar-refractivity contribution >= 4 is 5.78 Å². The van der Waals surface area contributed by atoms with Crippen molar-refractivity contribution in [3.05, 3.63) is 30.3 Å². The standard InChI is InChI=1S/C14H16O2/c1-2-3-5-8-13(15)11-12-16-14-9-6-4-7-10-14/h1,4,6-7,9-10H,3,5,8,11-12H2. The van der Waals surface area contributed by atoms with Crippen LogP contribution in [0.3, 0.4) is 0 Å². The Hall–Kier alpha value is -1.75. The van der Waals surface area contributed by atoms with Gasteiger partial charge in [0.2, 0.25) is 0 Å². The molecule has 0 saturated carbocycles. The summed E-state index contributed by atoms with van der Waals surface area (Å²) in [6.07, 6.45) is 7.57. The van der Waals surface area contributed by atoms with E-state index in [9.17, 15) is 4.79 Å². The monoisotopic (exact) mass is 216 g/mol. The van der Waals surface area contributed by atoms with Gasteiger partial charge in [0.25, 0.3) is 0 Å². The van der Waals surface area contributed by atoms with Gasteiger partial charge in [-0.3, -0.25) is 4.79 Å². The van der Waals surface area contributed by atoms with Crippen molar-refractivity contribution in [1.29, 1.82) is 0 Å². The van der Waals surface area contributed by atoms with E-state index in [0.29, 0.717) is 25.9 Å². The summed E-state index contributed by atoms with van der Waals surface area (Å²) < 4.78 is 5.42. The van der Waals surface area contributed by atoms with Gasteiger partial charge in [0.05, 0.1) is 6.61 Å². The zero-order chi connectivity index (χ0) is 11.6. The highest BCUT2D eigenvalue weighted by Crippen LogP contribution is 2.09. The number of para-hydroxylation sites is 1. The van der Waals surface area contributed by atoms with Crippen molar-refractivity contribution in [3.8, 4) is 18.1 Å². The molecule has 0 spiro atoms. The molecule has 0 N–H and O–H groups in total. The summed E-state index contributed by atoms with van der Waals surface area (Å²) >= 11 is 0. The third kappa shape index (κ3) is 5.21. The minimum absolute atomic E-state index is 0.214. The van der Waals surface area contributed by atoms with Gasteiger partial charge in [-0.1, -0.05) is 18.2 Å². The molecular formula is C14H16O2. The number of rotatable bonds is 7. The summed E-state index contributed by atoms with van der Waals surface area (Å²) in [5, 5.41) is 0. The maximum Gasteiger partial charge on any atom is 0.136 e. The summed E-state index contributed by atoms with van der Waals surface area (Å²) in [6.45, 7) is 0.443. The van der Waals surface area contributed by atoms with E-state index in [1.54, 1.807) is 0 Å². The second kappa shape index (κ2) is 7.53. The fourth-order valence-corrected chi connectivity index (χ4v) is 1.31. The van der Waals surface area contributed by atoms with E-state index in [1.807, 2.05) is 30.3 Å². The van der Waals surface area contributed by atoms with E-state index >= 15 is 0 Å². The lowest BCUT2D eigenvalue weighted by Gasteiger charge is -2.04. The lowest BCUT2D eigenvalue weighted by atomic mass is 10.1. The molecule has 84 valence electrons. The van der Waals surface area contributed by atoms with E-state index in [-0.39, 0.29) is 5.78 Å². The Labute approximate surface area is 96.6 Å². The summed E-state index contributed by atoms with van der Waals surface area (Å²) in [5.41, 5.74) is 0. The first kappa shape index (κ1) is 12.3. The summed E-state index contributed by atoms with van der Waals surface area (Å²) in [7, 11) is 0. The van der Waals surface area contributed by atoms with E-state index in [2.05, 4.69) is 5.92 Å². The first-order valence-corrected chi connectivity index (χ1v) is 5.46. The number of carbonyl (C=O) groups excluding carboxylic acids is 1. The summed E-state index contributed by atoms with van der Waals surface area (Å²) in [5.74, 6) is 3.54. The molecule has 16 heavy (non-hydrogen) atoms. The van der Waals surface area contributed by atoms with Gasteiger partial charge in [-0.2, -0.15) is 0 Å². The Morgan fingerprint density at radius 1 is 1.25 bits per heavy atom. The third-order valence-corrected chi connectivity index (χ3v) is 2.17. The molecule has 0 heterocycles. The van der Waals surface area contributed by atoms with Crippen LogP contribution in [0.25, 0.3) is 0 Å². The van der Waals surface area contributed by atoms with E-state index in [4.69, 9.17) is 11.2 Å². The second-order valence-corrected chi connectivity index (χ2v) is 3.51. The zero-order valence-corrected chi connectivity index (χ0v) is 9.32. The number of hydrogen-bond donors (Lipinski definition) is 0. The van der Waals surface area contributed by atoms with Gasteiger partial charge in [-0.05, 0) is 18.6 Å². The highest BCUT2D eigenvalue weighted by atomic mass is 16.5. The van der Waals surface area contributed by atoms with Crippen LogP contribution in [-0.2, 0) is 4.79 Å². The fourth-order valence-electron chi connectivity index (χ4n) is 1.31. The lowest BCUT2D eigenvalue weighted by molar-refractivity contribution is -0.119. The number of terminal acetylenes is 1. The normalized spacial score (nSPS) is 9.44. The highest BCUT2D eigenvalue weighted by Gasteiger charge is 2.01. The molecule has 0 atom stereocenters. The molecule has 0 aromatic heterocycles. The highest BCUT2D eigenvalue weighted by molar-refractivity contribution is 5.78. The number of ketones is 1. The molecular weight excluding hydrogens is 200 g/mol. The Morgan fingerprint density at radius 3 is 2.69 bits per heavy atom. The molecule has 0 saturated heterocycles. The van der Waals surface area contributed by atoms with Crippen LogP contribution >= 0.6 is 0 Å². The number of ether oxygens (including phenoxy) is 1. The van der Waals surface area contributed by atoms with Crippen molar-refractivity contribution in [2.45, 2.75) is 25.7 Å². The molecule has 2 heteroatoms. The maximum absolute atomic E-state index is 11.4. The molecule has 0 aliphatic heterocycles. The van der Waals surface area contributed by atoms with Gasteiger partial charge in [0, 0.05) is 19.3 Å². The SMILES string of the molecule is C#CCCCC(=O)CCOc1ccccc1. The Bertz CT molecular complexity index is 349. The molecule has 0 amide bonds. The van der Waals surface area contributed by atoms with E-state index < -0.39 is 0 Å². The summed E-state index contributed by atoms with van der Waals surface area (Å²) in [4.78, 5) is 11.4. The van der Waals surface area contributed by atoms with E-state index in [0.717, 1.165) is 12.2 Å². The van der Waals surface area contributed by atoms with Crippen LogP contribution in [0.15, 0.2) is 30.3 Å². The van der Waals surface area contributed by atoms with Crippen LogP contribution in [0, 0.1) is 12.3 Å². The van der Waals surface area contributed by atoms with Crippen LogP contribution < -0.4 is 4.74 Å². The van der Waals surface area contributed by atoms with Crippen LogP contribution in [0.1, 0.15) is 25.7 Å². The molecule has 0 unspecified atom stereocenters. The van der Waals surface area contributed by atoms with Gasteiger partial charge < -0.3 is 4.74 Å². The molecule has 0 radical (unpaired) electrons. The summed E-state index contributed by atoms with van der Waals surface area (Å²) in [6, 6.07) is 9.50. The lowest BCUT2D eigenvalue weighted by Crippen LogP contribution is -2.05. The first-order valence-electron chi connectivity index (χ1n) is 5.46. The van der Waals surface area contributed by atoms with Gasteiger partial charge in [-0.25, -0.2) is 0 Å². The van der Waals surface area contributed by atoms with Crippen molar-refractivity contribution in [3.63, 3.8) is 0 Å². The van der Waals surface area contributed by atoms with E-state index in [1.165, 1.54) is 0 Å². The maximum atomic E-state index is 11.4. The molecule has 0 aliphatic rings. The fraction of sp³-hybridized carbons (Fsp3) is 0.357. The van der Waals surface area contributed by atoms with Crippen molar-refractivity contribution in [2.24, 2.45) is 0 Å². The number of carbonyl (C=O) groups is 1. The average molecular weight is 216 g/mol. The quantitative estimate of drug-likeness (QED) is 0.517. The molecule has 0 fully saturated rings. The first-order chi connectivity index (χ1) is 7.83. The van der Waals surface area contributed by atoms with Gasteiger partial charge in [0.1, 0.15) is 11.5 Å². The van der Waals surface area contributed by atoms with Gasteiger partial charge in [0.15, 0.2) is 0 Å². The minimum atomic E-state index is 0.214. The van der Waals surface area contributed by atoms with Crippen molar-refractivity contribution in [2.75, 3.05) is 6.61 Å². The molecule has 1 rings (SSSR count). The van der Waals surface area contributed by atoms with Crippen LogP contribution in [0.4, 0.5) is 0 Å². The minimum Gasteiger partial charge on any atom is -0.493 e. The molecule has 2 nitrogen and oxygen atoms in total. The smallest absolute Gasteiger partial charge is 0.136 e. The molecule has 1 aromatic rings. The molecule has 0 bridgehead atoms. The number of unbranched alkanes of at least 4 members (excludes halogenated alkanes) is 1. The van der Waals surface area contributed by atoms with Crippen LogP contribution in [-0.4, -0.2) is 12.4 Å². The second-order valence-electron chi connectivity index (χ2n) is 3.51. The average Bonchev–Trinajstić information content (AvgIpc) is 2.31. The van der Waals surface area contributed by atoms with Gasteiger partial charge >= 0.3 is 0 Å². The van der Waals surface area contributed by atoms with Gasteiger partial charge in [-0.15, -0.1) is 12.3 Å². The van der Waals surface area contributed by atoms with Crippen LogP contribution in [0.5, 0.6) is 5.75 Å². The third-order valence-electron chi connectivity index (χ3n) is 2.17. The predicted octanol–water partition coefficient (Wildman–Crippen LogP) is 2.83. The Morgan fingerprint density at radius 2 is 2.00 bits per heavy atom. The molecule has 0 aliphatic carbocycles. The zero-order valence-electron chi connectivity index (χ0n) is 9.32. The predicted molar refractivity (Wildman–Crippen MR) is 64.2 cm³/mol. The number of benzene rings is 1. The number of hydrogen-bond acceptors (Lipinski definition) is 2. The Balaban J connectivity index is 2.12. The number of Topliss-reactive ketones (excluding diaryl/α,β-unsaturated/α-hetero) is 1.